The van der Waals surface area contributed by atoms with Gasteiger partial charge in [-0.15, -0.1) is 0 Å². The summed E-state index contributed by atoms with van der Waals surface area (Å²) in [6, 6.07) is 4.74. The molecule has 2 aromatic rings. The van der Waals surface area contributed by atoms with Gasteiger partial charge in [0, 0.05) is 9.85 Å². The Hall–Kier alpha value is -1.66. The zero-order valence-electron chi connectivity index (χ0n) is 9.94. The molecule has 0 atom stereocenters. The number of rotatable bonds is 3. The van der Waals surface area contributed by atoms with Crippen LogP contribution in [0, 0.1) is 6.92 Å². The van der Waals surface area contributed by atoms with Crippen molar-refractivity contribution in [3.8, 4) is 0 Å². The molecule has 0 saturated carbocycles. The van der Waals surface area contributed by atoms with Gasteiger partial charge in [-0.05, 0) is 45.9 Å². The average molecular weight is 340 g/mol. The molecule has 0 aliphatic heterocycles. The Morgan fingerprint density at radius 2 is 2.00 bits per heavy atom. The van der Waals surface area contributed by atoms with Gasteiger partial charge >= 0.3 is 5.97 Å². The van der Waals surface area contributed by atoms with Crippen LogP contribution in [0.2, 0.25) is 0 Å². The van der Waals surface area contributed by atoms with Gasteiger partial charge < -0.3 is 10.4 Å². The summed E-state index contributed by atoms with van der Waals surface area (Å²) in [6.45, 7) is 1.84. The second kappa shape index (κ2) is 5.54. The van der Waals surface area contributed by atoms with Crippen LogP contribution in [0.25, 0.3) is 0 Å². The van der Waals surface area contributed by atoms with Crippen molar-refractivity contribution in [1.82, 2.24) is 0 Å². The summed E-state index contributed by atoms with van der Waals surface area (Å²) in [4.78, 5) is 23.2. The summed E-state index contributed by atoms with van der Waals surface area (Å²) in [5, 5.41) is 15.4. The van der Waals surface area contributed by atoms with Crippen LogP contribution in [0.1, 0.15) is 26.3 Å². The van der Waals surface area contributed by atoms with E-state index >= 15 is 0 Å². The fourth-order valence-electron chi connectivity index (χ4n) is 1.60. The van der Waals surface area contributed by atoms with Gasteiger partial charge in [0.15, 0.2) is 0 Å². The summed E-state index contributed by atoms with van der Waals surface area (Å²) < 4.78 is 0.536. The summed E-state index contributed by atoms with van der Waals surface area (Å²) in [5.41, 5.74) is 1.74. The van der Waals surface area contributed by atoms with Gasteiger partial charge in [-0.2, -0.15) is 11.3 Å². The predicted molar refractivity (Wildman–Crippen MR) is 78.1 cm³/mol. The van der Waals surface area contributed by atoms with Crippen molar-refractivity contribution in [2.75, 3.05) is 5.32 Å². The maximum absolute atomic E-state index is 12.1. The minimum Gasteiger partial charge on any atom is -0.478 e. The van der Waals surface area contributed by atoms with E-state index in [2.05, 4.69) is 21.2 Å². The zero-order chi connectivity index (χ0) is 14.0. The number of benzene rings is 1. The SMILES string of the molecule is Cc1cscc1C(=O)Nc1c(Br)cccc1C(=O)O. The third kappa shape index (κ3) is 2.85. The van der Waals surface area contributed by atoms with Gasteiger partial charge in [-0.1, -0.05) is 6.07 Å². The number of amides is 1. The number of hydrogen-bond acceptors (Lipinski definition) is 3. The second-order valence-corrected chi connectivity index (χ2v) is 5.49. The highest BCUT2D eigenvalue weighted by atomic mass is 79.9. The number of thiophene rings is 1. The molecule has 0 spiro atoms. The zero-order valence-corrected chi connectivity index (χ0v) is 12.3. The molecular weight excluding hydrogens is 330 g/mol. The summed E-state index contributed by atoms with van der Waals surface area (Å²) in [6.07, 6.45) is 0. The molecule has 1 aromatic carbocycles. The van der Waals surface area contributed by atoms with E-state index in [1.807, 2.05) is 12.3 Å². The summed E-state index contributed by atoms with van der Waals surface area (Å²) in [7, 11) is 0. The minimum absolute atomic E-state index is 0.0515. The number of carbonyl (C=O) groups excluding carboxylic acids is 1. The first kappa shape index (κ1) is 13.8. The molecule has 1 aromatic heterocycles. The van der Waals surface area contributed by atoms with Crippen molar-refractivity contribution in [2.45, 2.75) is 6.92 Å². The minimum atomic E-state index is -1.08. The third-order valence-electron chi connectivity index (χ3n) is 2.58. The molecule has 19 heavy (non-hydrogen) atoms. The van der Waals surface area contributed by atoms with Gasteiger partial charge in [0.2, 0.25) is 0 Å². The lowest BCUT2D eigenvalue weighted by Gasteiger charge is -2.10. The maximum atomic E-state index is 12.1. The van der Waals surface area contributed by atoms with E-state index in [0.717, 1.165) is 5.56 Å². The van der Waals surface area contributed by atoms with Crippen LogP contribution in [0.15, 0.2) is 33.4 Å². The Morgan fingerprint density at radius 1 is 1.26 bits per heavy atom. The molecule has 0 fully saturated rings. The summed E-state index contributed by atoms with van der Waals surface area (Å²) >= 11 is 4.68. The lowest BCUT2D eigenvalue weighted by Crippen LogP contribution is -2.15. The van der Waals surface area contributed by atoms with Crippen LogP contribution in [-0.2, 0) is 0 Å². The third-order valence-corrected chi connectivity index (χ3v) is 4.10. The quantitative estimate of drug-likeness (QED) is 0.894. The number of aryl methyl sites for hydroxylation is 1. The van der Waals surface area contributed by atoms with Crippen molar-refractivity contribution < 1.29 is 14.7 Å². The predicted octanol–water partition coefficient (Wildman–Crippen LogP) is 3.77. The lowest BCUT2D eigenvalue weighted by atomic mass is 10.1. The van der Waals surface area contributed by atoms with Crippen LogP contribution >= 0.6 is 27.3 Å². The molecular formula is C13H10BrNO3S. The maximum Gasteiger partial charge on any atom is 0.337 e. The number of carbonyl (C=O) groups is 2. The Balaban J connectivity index is 2.36. The molecule has 0 saturated heterocycles. The Morgan fingerprint density at radius 3 is 2.58 bits per heavy atom. The standard InChI is InChI=1S/C13H10BrNO3S/c1-7-5-19-6-9(7)12(16)15-11-8(13(17)18)3-2-4-10(11)14/h2-6H,1H3,(H,15,16)(H,17,18). The smallest absolute Gasteiger partial charge is 0.337 e. The number of anilines is 1. The van der Waals surface area contributed by atoms with E-state index in [9.17, 15) is 9.59 Å². The number of nitrogens with one attached hydrogen (secondary N) is 1. The van der Waals surface area contributed by atoms with E-state index in [-0.39, 0.29) is 17.2 Å². The molecule has 1 heterocycles. The molecule has 0 aliphatic rings. The molecule has 0 aliphatic carbocycles. The van der Waals surface area contributed by atoms with Gasteiger partial charge in [0.1, 0.15) is 0 Å². The highest BCUT2D eigenvalue weighted by molar-refractivity contribution is 9.10. The fourth-order valence-corrected chi connectivity index (χ4v) is 2.90. The van der Waals surface area contributed by atoms with Gasteiger partial charge in [0.05, 0.1) is 16.8 Å². The number of aromatic carboxylic acids is 1. The first-order valence-corrected chi connectivity index (χ1v) is 7.10. The molecule has 2 N–H and O–H groups in total. The molecule has 0 radical (unpaired) electrons. The van der Waals surface area contributed by atoms with Crippen molar-refractivity contribution in [3.05, 3.63) is 50.1 Å². The monoisotopic (exact) mass is 339 g/mol. The van der Waals surface area contributed by atoms with Crippen LogP contribution in [-0.4, -0.2) is 17.0 Å². The highest BCUT2D eigenvalue weighted by Crippen LogP contribution is 2.27. The van der Waals surface area contributed by atoms with Gasteiger partial charge in [0.25, 0.3) is 5.91 Å². The highest BCUT2D eigenvalue weighted by Gasteiger charge is 2.17. The normalized spacial score (nSPS) is 10.2. The molecule has 6 heteroatoms. The van der Waals surface area contributed by atoms with Crippen molar-refractivity contribution >= 4 is 44.8 Å². The molecule has 0 bridgehead atoms. The number of para-hydroxylation sites is 1. The van der Waals surface area contributed by atoms with E-state index in [1.165, 1.54) is 17.4 Å². The Kier molecular flexibility index (Phi) is 4.01. The van der Waals surface area contributed by atoms with Crippen molar-refractivity contribution in [1.29, 1.82) is 0 Å². The summed E-state index contributed by atoms with van der Waals surface area (Å²) in [5.74, 6) is -1.40. The van der Waals surface area contributed by atoms with Crippen LogP contribution < -0.4 is 5.32 Å². The molecule has 1 amide bonds. The van der Waals surface area contributed by atoms with Crippen LogP contribution in [0.5, 0.6) is 0 Å². The van der Waals surface area contributed by atoms with Crippen molar-refractivity contribution in [2.24, 2.45) is 0 Å². The largest absolute Gasteiger partial charge is 0.478 e. The van der Waals surface area contributed by atoms with Gasteiger partial charge in [-0.3, -0.25) is 4.79 Å². The first-order chi connectivity index (χ1) is 9.00. The molecule has 0 unspecified atom stereocenters. The van der Waals surface area contributed by atoms with E-state index < -0.39 is 5.97 Å². The number of carboxylic acids is 1. The van der Waals surface area contributed by atoms with Crippen LogP contribution in [0.3, 0.4) is 0 Å². The molecule has 2 rings (SSSR count). The van der Waals surface area contributed by atoms with Crippen LogP contribution in [0.4, 0.5) is 5.69 Å². The molecule has 4 nitrogen and oxygen atoms in total. The van der Waals surface area contributed by atoms with Crippen molar-refractivity contribution in [3.63, 3.8) is 0 Å². The van der Waals surface area contributed by atoms with Gasteiger partial charge in [-0.25, -0.2) is 4.79 Å². The molecule has 98 valence electrons. The first-order valence-electron chi connectivity index (χ1n) is 5.36. The van der Waals surface area contributed by atoms with E-state index in [0.29, 0.717) is 10.0 Å². The average Bonchev–Trinajstić information content (AvgIpc) is 2.77. The van der Waals surface area contributed by atoms with E-state index in [4.69, 9.17) is 5.11 Å². The Bertz CT molecular complexity index is 651. The fraction of sp³-hybridized carbons (Fsp3) is 0.0769. The van der Waals surface area contributed by atoms with E-state index in [1.54, 1.807) is 17.5 Å². The second-order valence-electron chi connectivity index (χ2n) is 3.89. The number of halogens is 1. The Labute approximate surface area is 122 Å². The topological polar surface area (TPSA) is 66.4 Å². The number of carboxylic acid groups (broad SMARTS) is 1. The number of hydrogen-bond donors (Lipinski definition) is 2. The lowest BCUT2D eigenvalue weighted by molar-refractivity contribution is 0.0698.